The van der Waals surface area contributed by atoms with Crippen LogP contribution in [0.1, 0.15) is 24.9 Å². The summed E-state index contributed by atoms with van der Waals surface area (Å²) < 4.78 is 1.97. The zero-order valence-electron chi connectivity index (χ0n) is 12.2. The van der Waals surface area contributed by atoms with Gasteiger partial charge in [-0.1, -0.05) is 37.3 Å². The second kappa shape index (κ2) is 5.83. The molecule has 21 heavy (non-hydrogen) atoms. The SMILES string of the molecule is CCC(Nc1nc(NC)cn2ccnc12)c1ccccc1. The summed E-state index contributed by atoms with van der Waals surface area (Å²) in [6.45, 7) is 2.16. The Morgan fingerprint density at radius 2 is 2.05 bits per heavy atom. The van der Waals surface area contributed by atoms with Crippen LogP contribution in [0.2, 0.25) is 0 Å². The van der Waals surface area contributed by atoms with Gasteiger partial charge in [0.05, 0.1) is 12.2 Å². The van der Waals surface area contributed by atoms with Crippen LogP contribution in [0.5, 0.6) is 0 Å². The Labute approximate surface area is 124 Å². The normalized spacial score (nSPS) is 12.3. The highest BCUT2D eigenvalue weighted by Crippen LogP contribution is 2.24. The molecule has 2 N–H and O–H groups in total. The Bertz CT molecular complexity index is 720. The molecule has 1 unspecified atom stereocenters. The van der Waals surface area contributed by atoms with E-state index in [1.807, 2.05) is 29.9 Å². The van der Waals surface area contributed by atoms with Gasteiger partial charge in [-0.05, 0) is 12.0 Å². The molecule has 1 aromatic carbocycles. The zero-order valence-corrected chi connectivity index (χ0v) is 12.2. The Kier molecular flexibility index (Phi) is 3.73. The predicted octanol–water partition coefficient (Wildman–Crippen LogP) is 3.33. The van der Waals surface area contributed by atoms with Crippen molar-refractivity contribution in [1.29, 1.82) is 0 Å². The molecule has 2 heterocycles. The van der Waals surface area contributed by atoms with Crippen molar-refractivity contribution in [2.24, 2.45) is 0 Å². The van der Waals surface area contributed by atoms with Gasteiger partial charge in [0.1, 0.15) is 5.82 Å². The number of benzene rings is 1. The van der Waals surface area contributed by atoms with Crippen molar-refractivity contribution in [3.05, 3.63) is 54.5 Å². The smallest absolute Gasteiger partial charge is 0.180 e. The van der Waals surface area contributed by atoms with E-state index in [-0.39, 0.29) is 6.04 Å². The van der Waals surface area contributed by atoms with Crippen LogP contribution < -0.4 is 10.6 Å². The summed E-state index contributed by atoms with van der Waals surface area (Å²) in [5.74, 6) is 1.61. The minimum atomic E-state index is 0.214. The van der Waals surface area contributed by atoms with Crippen LogP contribution in [0.15, 0.2) is 48.9 Å². The molecule has 0 spiro atoms. The molecule has 3 rings (SSSR count). The molecule has 0 amide bonds. The highest BCUT2D eigenvalue weighted by molar-refractivity contribution is 5.66. The van der Waals surface area contributed by atoms with Crippen molar-refractivity contribution in [2.45, 2.75) is 19.4 Å². The van der Waals surface area contributed by atoms with Crippen LogP contribution in [0.3, 0.4) is 0 Å². The molecule has 0 radical (unpaired) electrons. The summed E-state index contributed by atoms with van der Waals surface area (Å²) in [5, 5.41) is 6.59. The highest BCUT2D eigenvalue weighted by atomic mass is 15.1. The number of anilines is 2. The maximum atomic E-state index is 4.60. The lowest BCUT2D eigenvalue weighted by atomic mass is 10.0. The van der Waals surface area contributed by atoms with Crippen LogP contribution in [-0.4, -0.2) is 21.4 Å². The second-order valence-corrected chi connectivity index (χ2v) is 4.90. The van der Waals surface area contributed by atoms with Gasteiger partial charge in [-0.3, -0.25) is 0 Å². The Balaban J connectivity index is 1.98. The number of imidazole rings is 1. The molecule has 1 atom stereocenters. The van der Waals surface area contributed by atoms with E-state index in [1.54, 1.807) is 6.20 Å². The van der Waals surface area contributed by atoms with E-state index in [0.29, 0.717) is 0 Å². The maximum Gasteiger partial charge on any atom is 0.180 e. The van der Waals surface area contributed by atoms with E-state index in [9.17, 15) is 0 Å². The molecule has 3 aromatic rings. The number of nitrogens with zero attached hydrogens (tertiary/aromatic N) is 3. The van der Waals surface area contributed by atoms with Crippen LogP contribution in [0, 0.1) is 0 Å². The number of hydrogen-bond donors (Lipinski definition) is 2. The van der Waals surface area contributed by atoms with Gasteiger partial charge in [0, 0.05) is 19.4 Å². The quantitative estimate of drug-likeness (QED) is 0.753. The molecule has 0 aliphatic rings. The summed E-state index contributed by atoms with van der Waals surface area (Å²) in [6.07, 6.45) is 6.61. The molecule has 0 bridgehead atoms. The first-order chi connectivity index (χ1) is 10.3. The Morgan fingerprint density at radius 3 is 2.76 bits per heavy atom. The van der Waals surface area contributed by atoms with Gasteiger partial charge in [-0.25, -0.2) is 9.97 Å². The Morgan fingerprint density at radius 1 is 1.24 bits per heavy atom. The largest absolute Gasteiger partial charge is 0.372 e. The van der Waals surface area contributed by atoms with Crippen LogP contribution in [-0.2, 0) is 0 Å². The third-order valence-corrected chi connectivity index (χ3v) is 3.55. The van der Waals surface area contributed by atoms with Gasteiger partial charge >= 0.3 is 0 Å². The molecule has 0 saturated carbocycles. The number of aromatic nitrogens is 3. The summed E-state index contributed by atoms with van der Waals surface area (Å²) in [7, 11) is 1.86. The molecule has 0 aliphatic carbocycles. The molecular formula is C16H19N5. The van der Waals surface area contributed by atoms with Gasteiger partial charge in [0.25, 0.3) is 0 Å². The van der Waals surface area contributed by atoms with Crippen molar-refractivity contribution < 1.29 is 0 Å². The second-order valence-electron chi connectivity index (χ2n) is 4.90. The molecule has 0 fully saturated rings. The molecule has 0 aliphatic heterocycles. The van der Waals surface area contributed by atoms with Crippen LogP contribution in [0.4, 0.5) is 11.6 Å². The number of rotatable bonds is 5. The fraction of sp³-hybridized carbons (Fsp3) is 0.250. The third kappa shape index (κ3) is 2.67. The minimum absolute atomic E-state index is 0.214. The van der Waals surface area contributed by atoms with Crippen molar-refractivity contribution >= 4 is 17.3 Å². The van der Waals surface area contributed by atoms with E-state index in [2.05, 4.69) is 51.8 Å². The van der Waals surface area contributed by atoms with Gasteiger partial charge in [-0.15, -0.1) is 0 Å². The lowest BCUT2D eigenvalue weighted by Gasteiger charge is -2.19. The molecule has 5 nitrogen and oxygen atoms in total. The average Bonchev–Trinajstić information content (AvgIpc) is 3.01. The summed E-state index contributed by atoms with van der Waals surface area (Å²) in [6, 6.07) is 10.6. The van der Waals surface area contributed by atoms with Crippen molar-refractivity contribution in [1.82, 2.24) is 14.4 Å². The number of nitrogens with one attached hydrogen (secondary N) is 2. The van der Waals surface area contributed by atoms with E-state index in [1.165, 1.54) is 5.56 Å². The van der Waals surface area contributed by atoms with E-state index in [4.69, 9.17) is 0 Å². The summed E-state index contributed by atoms with van der Waals surface area (Å²) >= 11 is 0. The van der Waals surface area contributed by atoms with Crippen molar-refractivity contribution in [3.8, 4) is 0 Å². The van der Waals surface area contributed by atoms with Crippen LogP contribution in [0.25, 0.3) is 5.65 Å². The number of fused-ring (bicyclic) bond motifs is 1. The third-order valence-electron chi connectivity index (χ3n) is 3.55. The topological polar surface area (TPSA) is 54.2 Å². The maximum absolute atomic E-state index is 4.60. The van der Waals surface area contributed by atoms with Gasteiger partial charge in [0.15, 0.2) is 11.5 Å². The van der Waals surface area contributed by atoms with Crippen molar-refractivity contribution in [3.63, 3.8) is 0 Å². The lowest BCUT2D eigenvalue weighted by molar-refractivity contribution is 0.744. The fourth-order valence-electron chi connectivity index (χ4n) is 2.42. The minimum Gasteiger partial charge on any atom is -0.372 e. The first-order valence-corrected chi connectivity index (χ1v) is 7.14. The zero-order chi connectivity index (χ0) is 14.7. The summed E-state index contributed by atoms with van der Waals surface area (Å²) in [5.41, 5.74) is 2.09. The molecular weight excluding hydrogens is 262 g/mol. The van der Waals surface area contributed by atoms with Crippen molar-refractivity contribution in [2.75, 3.05) is 17.7 Å². The first kappa shape index (κ1) is 13.4. The predicted molar refractivity (Wildman–Crippen MR) is 85.6 cm³/mol. The molecule has 108 valence electrons. The van der Waals surface area contributed by atoms with E-state index < -0.39 is 0 Å². The van der Waals surface area contributed by atoms with E-state index >= 15 is 0 Å². The summed E-state index contributed by atoms with van der Waals surface area (Å²) in [4.78, 5) is 8.98. The lowest BCUT2D eigenvalue weighted by Crippen LogP contribution is -2.12. The Hall–Kier alpha value is -2.56. The van der Waals surface area contributed by atoms with Crippen LogP contribution >= 0.6 is 0 Å². The monoisotopic (exact) mass is 281 g/mol. The molecule has 0 saturated heterocycles. The molecule has 2 aromatic heterocycles. The first-order valence-electron chi connectivity index (χ1n) is 7.14. The van der Waals surface area contributed by atoms with Gasteiger partial charge in [0.2, 0.25) is 0 Å². The standard InChI is InChI=1S/C16H19N5/c1-3-13(12-7-5-4-6-8-12)19-15-16-18-9-10-21(16)11-14(17-2)20-15/h4-11,13,17H,3H2,1-2H3,(H,19,20). The van der Waals surface area contributed by atoms with E-state index in [0.717, 1.165) is 23.7 Å². The number of hydrogen-bond acceptors (Lipinski definition) is 4. The van der Waals surface area contributed by atoms with Gasteiger partial charge < -0.3 is 15.0 Å². The fourth-order valence-corrected chi connectivity index (χ4v) is 2.42. The average molecular weight is 281 g/mol. The highest BCUT2D eigenvalue weighted by Gasteiger charge is 2.13. The molecule has 5 heteroatoms. The van der Waals surface area contributed by atoms with Gasteiger partial charge in [-0.2, -0.15) is 0 Å².